The van der Waals surface area contributed by atoms with Gasteiger partial charge in [0.25, 0.3) is 0 Å². The van der Waals surface area contributed by atoms with Crippen LogP contribution in [0.15, 0.2) is 24.3 Å². The van der Waals surface area contributed by atoms with Gasteiger partial charge in [0.2, 0.25) is 11.6 Å². The van der Waals surface area contributed by atoms with Gasteiger partial charge in [-0.2, -0.15) is 11.8 Å². The average molecular weight is 921 g/mol. The number of aliphatic hydroxyl groups excluding tert-OH is 9. The molecule has 7 fully saturated rings. The van der Waals surface area contributed by atoms with Gasteiger partial charge in [0.1, 0.15) is 79.0 Å². The van der Waals surface area contributed by atoms with Crippen LogP contribution in [0.1, 0.15) is 44.0 Å². The van der Waals surface area contributed by atoms with Crippen molar-refractivity contribution < 1.29 is 108 Å². The standard InChI is InChI=1S/C40H56O22S/c1-13-11-54-39(9-19(13)57-34(51)16-4-6-17(42)7-5-16)38(52)40(53)22(43)8-18-21(12-63-32(18)33(40)62-39)59-37-31(27(48)24(45)15(3)56-37)61-36-29(50)30(25(46)20(10-41)58-36)60-35-28(49)26(47)23(44)14(2)55-35/h4-7,13-15,18-33,35-37,41-50,53H,8-12H2,1-3H3. The van der Waals surface area contributed by atoms with E-state index >= 15 is 0 Å². The Labute approximate surface area is 364 Å². The number of esters is 1. The molecule has 6 aliphatic heterocycles. The molecule has 0 aromatic heterocycles. The highest BCUT2D eigenvalue weighted by Crippen LogP contribution is 2.56. The SMILES string of the molecule is CC1COC2(CC1OC(=O)c1ccc(O)cc1)OC1C3SCC(OC4OC(C)C(O)C(O)C4OC4OC(CO)C(O)C(OC5OC(C)C(O)C(O)C5O)C4O)C3CC(O)C1(O)C2=O. The molecule has 7 aliphatic rings. The molecule has 63 heavy (non-hydrogen) atoms. The summed E-state index contributed by atoms with van der Waals surface area (Å²) >= 11 is 1.27. The molecule has 6 saturated heterocycles. The van der Waals surface area contributed by atoms with Crippen molar-refractivity contribution in [2.45, 2.75) is 167 Å². The number of fused-ring (bicyclic) bond motifs is 3. The summed E-state index contributed by atoms with van der Waals surface area (Å²) in [4.78, 5) is 27.3. The van der Waals surface area contributed by atoms with Gasteiger partial charge in [-0.25, -0.2) is 4.79 Å². The van der Waals surface area contributed by atoms with Crippen LogP contribution in [0.2, 0.25) is 0 Å². The summed E-state index contributed by atoms with van der Waals surface area (Å²) in [6.07, 6.45) is -29.2. The van der Waals surface area contributed by atoms with Crippen molar-refractivity contribution >= 4 is 23.5 Å². The van der Waals surface area contributed by atoms with Gasteiger partial charge in [0, 0.05) is 29.3 Å². The molecule has 1 aliphatic carbocycles. The summed E-state index contributed by atoms with van der Waals surface area (Å²) in [5, 5.41) is 118. The van der Waals surface area contributed by atoms with Crippen LogP contribution in [-0.4, -0.2) is 220 Å². The first-order chi connectivity index (χ1) is 29.8. The topological polar surface area (TPSA) is 340 Å². The van der Waals surface area contributed by atoms with E-state index in [0.717, 1.165) is 0 Å². The van der Waals surface area contributed by atoms with Crippen LogP contribution in [0.5, 0.6) is 5.75 Å². The number of hydrogen-bond acceptors (Lipinski definition) is 23. The zero-order chi connectivity index (χ0) is 45.4. The number of ether oxygens (including phenoxy) is 9. The predicted octanol–water partition coefficient (Wildman–Crippen LogP) is -4.25. The van der Waals surface area contributed by atoms with Crippen molar-refractivity contribution in [1.29, 1.82) is 0 Å². The van der Waals surface area contributed by atoms with Crippen molar-refractivity contribution in [2.24, 2.45) is 11.8 Å². The number of aliphatic hydroxyl groups is 10. The van der Waals surface area contributed by atoms with E-state index in [1.165, 1.54) is 49.9 Å². The molecular formula is C40H56O22S. The summed E-state index contributed by atoms with van der Waals surface area (Å²) in [7, 11) is 0. The van der Waals surface area contributed by atoms with E-state index in [1.807, 2.05) is 0 Å². The monoisotopic (exact) mass is 920 g/mol. The van der Waals surface area contributed by atoms with E-state index in [0.29, 0.717) is 0 Å². The molecule has 22 nitrogen and oxygen atoms in total. The zero-order valence-electron chi connectivity index (χ0n) is 34.4. The van der Waals surface area contributed by atoms with Crippen LogP contribution < -0.4 is 0 Å². The Morgan fingerprint density at radius 2 is 1.41 bits per heavy atom. The van der Waals surface area contributed by atoms with Gasteiger partial charge in [-0.3, -0.25) is 4.79 Å². The molecule has 354 valence electrons. The van der Waals surface area contributed by atoms with Crippen LogP contribution in [0.25, 0.3) is 0 Å². The summed E-state index contributed by atoms with van der Waals surface area (Å²) in [6, 6.07) is 5.41. The lowest BCUT2D eigenvalue weighted by Crippen LogP contribution is -2.66. The number of carbonyl (C=O) groups excluding carboxylic acids is 2. The van der Waals surface area contributed by atoms with Gasteiger partial charge in [-0.05, 0) is 44.5 Å². The largest absolute Gasteiger partial charge is 0.508 e. The Morgan fingerprint density at radius 3 is 2.10 bits per heavy atom. The van der Waals surface area contributed by atoms with Crippen LogP contribution in [0, 0.1) is 11.8 Å². The minimum atomic E-state index is -2.42. The smallest absolute Gasteiger partial charge is 0.338 e. The first kappa shape index (κ1) is 47.3. The minimum absolute atomic E-state index is 0.0489. The lowest BCUT2D eigenvalue weighted by Gasteiger charge is -2.48. The second-order valence-corrected chi connectivity index (χ2v) is 18.8. The third kappa shape index (κ3) is 8.33. The Bertz CT molecular complexity index is 1800. The van der Waals surface area contributed by atoms with Crippen molar-refractivity contribution in [3.05, 3.63) is 29.8 Å². The molecule has 1 aromatic carbocycles. The summed E-state index contributed by atoms with van der Waals surface area (Å²) < 4.78 is 53.5. The van der Waals surface area contributed by atoms with E-state index in [4.69, 9.17) is 42.6 Å². The molecule has 0 amide bonds. The second kappa shape index (κ2) is 18.1. The van der Waals surface area contributed by atoms with E-state index in [1.54, 1.807) is 6.92 Å². The van der Waals surface area contributed by atoms with Crippen molar-refractivity contribution in [3.63, 3.8) is 0 Å². The summed E-state index contributed by atoms with van der Waals surface area (Å²) in [5.41, 5.74) is -2.27. The van der Waals surface area contributed by atoms with Gasteiger partial charge in [0.05, 0.1) is 43.2 Å². The van der Waals surface area contributed by atoms with E-state index in [9.17, 15) is 65.8 Å². The number of Topliss-reactive ketones (excluding diaryl/α,β-unsaturated/α-hetero) is 1. The third-order valence-corrected chi connectivity index (χ3v) is 15.0. The van der Waals surface area contributed by atoms with Gasteiger partial charge in [0.15, 0.2) is 24.5 Å². The normalized spacial score (nSPS) is 51.2. The van der Waals surface area contributed by atoms with Crippen molar-refractivity contribution in [1.82, 2.24) is 0 Å². The number of carbonyl (C=O) groups is 2. The second-order valence-electron chi connectivity index (χ2n) is 17.6. The molecule has 1 saturated carbocycles. The molecule has 24 unspecified atom stereocenters. The Balaban J connectivity index is 0.977. The minimum Gasteiger partial charge on any atom is -0.508 e. The third-order valence-electron chi connectivity index (χ3n) is 13.5. The van der Waals surface area contributed by atoms with Gasteiger partial charge in [-0.1, -0.05) is 6.92 Å². The molecule has 1 spiro atoms. The van der Waals surface area contributed by atoms with Crippen LogP contribution in [0.4, 0.5) is 0 Å². The quantitative estimate of drug-likeness (QED) is 0.105. The number of benzene rings is 1. The maximum absolute atomic E-state index is 14.2. The number of thioether (sulfide) groups is 1. The molecule has 8 rings (SSSR count). The fourth-order valence-electron chi connectivity index (χ4n) is 9.57. The van der Waals surface area contributed by atoms with E-state index in [-0.39, 0.29) is 36.5 Å². The molecule has 6 heterocycles. The Morgan fingerprint density at radius 1 is 0.778 bits per heavy atom. The van der Waals surface area contributed by atoms with Crippen LogP contribution >= 0.6 is 11.8 Å². The lowest BCUT2D eigenvalue weighted by molar-refractivity contribution is -0.386. The molecule has 0 bridgehead atoms. The predicted molar refractivity (Wildman–Crippen MR) is 206 cm³/mol. The van der Waals surface area contributed by atoms with E-state index < -0.39 is 163 Å². The number of phenolic OH excluding ortho intramolecular Hbond substituents is 1. The van der Waals surface area contributed by atoms with Crippen LogP contribution in [0.3, 0.4) is 0 Å². The highest BCUT2D eigenvalue weighted by Gasteiger charge is 2.74. The van der Waals surface area contributed by atoms with Crippen molar-refractivity contribution in [3.8, 4) is 5.75 Å². The Kier molecular flexibility index (Phi) is 13.6. The first-order valence-corrected chi connectivity index (χ1v) is 22.0. The van der Waals surface area contributed by atoms with Crippen molar-refractivity contribution in [2.75, 3.05) is 19.0 Å². The number of hydrogen-bond donors (Lipinski definition) is 11. The number of phenols is 1. The van der Waals surface area contributed by atoms with Crippen LogP contribution in [-0.2, 0) is 47.4 Å². The fourth-order valence-corrected chi connectivity index (χ4v) is 11.3. The van der Waals surface area contributed by atoms with Gasteiger partial charge < -0.3 is 98.8 Å². The van der Waals surface area contributed by atoms with Gasteiger partial charge >= 0.3 is 5.97 Å². The molecular weight excluding hydrogens is 864 g/mol. The lowest BCUT2D eigenvalue weighted by atomic mass is 9.70. The maximum Gasteiger partial charge on any atom is 0.338 e. The molecule has 23 heteroatoms. The highest BCUT2D eigenvalue weighted by atomic mass is 32.2. The highest BCUT2D eigenvalue weighted by molar-refractivity contribution is 8.00. The fraction of sp³-hybridized carbons (Fsp3) is 0.800. The summed E-state index contributed by atoms with van der Waals surface area (Å²) in [6.45, 7) is 3.69. The Hall–Kier alpha value is -2.21. The number of rotatable bonds is 9. The molecule has 11 N–H and O–H groups in total. The molecule has 1 aromatic rings. The number of ketones is 1. The van der Waals surface area contributed by atoms with E-state index in [2.05, 4.69) is 0 Å². The van der Waals surface area contributed by atoms with Gasteiger partial charge in [-0.15, -0.1) is 0 Å². The molecule has 0 radical (unpaired) electrons. The zero-order valence-corrected chi connectivity index (χ0v) is 35.2. The maximum atomic E-state index is 14.2. The summed E-state index contributed by atoms with van der Waals surface area (Å²) in [5.74, 6) is -4.61. The number of aromatic hydroxyl groups is 1. The first-order valence-electron chi connectivity index (χ1n) is 21.0. The average Bonchev–Trinajstić information content (AvgIpc) is 3.75. The molecule has 24 atom stereocenters.